The van der Waals surface area contributed by atoms with E-state index in [2.05, 4.69) is 9.97 Å². The molecular formula is C26H22F2N4O6. The van der Waals surface area contributed by atoms with Crippen LogP contribution >= 0.6 is 0 Å². The Kier molecular flexibility index (Phi) is 6.94. The second-order valence-electron chi connectivity index (χ2n) is 8.04. The topological polar surface area (TPSA) is 97.2 Å². The third-order valence-corrected chi connectivity index (χ3v) is 5.46. The number of nitrogens with zero attached hydrogens (tertiary/aromatic N) is 4. The quantitative estimate of drug-likeness (QED) is 0.285. The van der Waals surface area contributed by atoms with Crippen LogP contribution in [0.2, 0.25) is 0 Å². The van der Waals surface area contributed by atoms with Gasteiger partial charge in [0.2, 0.25) is 18.4 Å². The van der Waals surface area contributed by atoms with Gasteiger partial charge in [0, 0.05) is 31.2 Å². The molecule has 0 unspecified atom stereocenters. The van der Waals surface area contributed by atoms with E-state index < -0.39 is 41.6 Å². The molecule has 0 atom stereocenters. The summed E-state index contributed by atoms with van der Waals surface area (Å²) in [5.41, 5.74) is 0.220. The van der Waals surface area contributed by atoms with Crippen LogP contribution in [0, 0.1) is 11.6 Å². The van der Waals surface area contributed by atoms with Gasteiger partial charge in [0.25, 0.3) is 11.8 Å². The summed E-state index contributed by atoms with van der Waals surface area (Å²) in [5.74, 6) is -2.73. The van der Waals surface area contributed by atoms with Crippen molar-refractivity contribution in [1.82, 2.24) is 14.5 Å². The van der Waals surface area contributed by atoms with Crippen LogP contribution in [0.3, 0.4) is 0 Å². The Labute approximate surface area is 215 Å². The maximum Gasteiger partial charge on any atom is 0.325 e. The van der Waals surface area contributed by atoms with Gasteiger partial charge in [-0.25, -0.2) is 4.98 Å². The molecule has 0 radical (unpaired) electrons. The van der Waals surface area contributed by atoms with E-state index in [0.29, 0.717) is 11.5 Å². The van der Waals surface area contributed by atoms with Crippen LogP contribution in [0.4, 0.5) is 14.5 Å². The van der Waals surface area contributed by atoms with E-state index in [1.54, 1.807) is 60.5 Å². The van der Waals surface area contributed by atoms with Crippen LogP contribution in [0.1, 0.15) is 6.92 Å². The first-order chi connectivity index (χ1) is 18.4. The number of anilines is 1. The van der Waals surface area contributed by atoms with E-state index in [4.69, 9.17) is 23.7 Å². The van der Waals surface area contributed by atoms with Crippen molar-refractivity contribution in [3.8, 4) is 40.4 Å². The van der Waals surface area contributed by atoms with Crippen LogP contribution in [0.25, 0.3) is 5.69 Å². The molecule has 2 aromatic heterocycles. The fourth-order valence-corrected chi connectivity index (χ4v) is 3.70. The average molecular weight is 524 g/mol. The summed E-state index contributed by atoms with van der Waals surface area (Å²) in [5, 5.41) is 0. The van der Waals surface area contributed by atoms with E-state index >= 15 is 8.78 Å². The molecule has 0 fully saturated rings. The molecule has 38 heavy (non-hydrogen) atoms. The van der Waals surface area contributed by atoms with Crippen molar-refractivity contribution in [1.29, 1.82) is 0 Å². The van der Waals surface area contributed by atoms with Crippen molar-refractivity contribution in [2.75, 3.05) is 31.9 Å². The Morgan fingerprint density at radius 2 is 1.71 bits per heavy atom. The summed E-state index contributed by atoms with van der Waals surface area (Å²) >= 11 is 0. The Morgan fingerprint density at radius 1 is 1.03 bits per heavy atom. The van der Waals surface area contributed by atoms with E-state index in [9.17, 15) is 4.79 Å². The van der Waals surface area contributed by atoms with Gasteiger partial charge in [-0.15, -0.1) is 0 Å². The third-order valence-electron chi connectivity index (χ3n) is 5.46. The molecule has 1 aliphatic heterocycles. The van der Waals surface area contributed by atoms with E-state index in [1.807, 2.05) is 0 Å². The first-order valence-electron chi connectivity index (χ1n) is 11.5. The van der Waals surface area contributed by atoms with Crippen LogP contribution < -0.4 is 23.8 Å². The fraction of sp³-hybridized carbons (Fsp3) is 0.192. The molecule has 10 nitrogen and oxygen atoms in total. The minimum absolute atomic E-state index is 0.0440. The average Bonchev–Trinajstić information content (AvgIpc) is 3.60. The zero-order valence-electron chi connectivity index (χ0n) is 20.4. The van der Waals surface area contributed by atoms with Crippen molar-refractivity contribution in [3.63, 3.8) is 0 Å². The molecule has 1 aliphatic rings. The summed E-state index contributed by atoms with van der Waals surface area (Å²) in [7, 11) is 1.34. The number of hydrogen-bond acceptors (Lipinski definition) is 9. The number of carbonyl (C=O) groups excluding carboxylic acids is 1. The molecule has 4 aromatic rings. The Bertz CT molecular complexity index is 1450. The number of esters is 1. The van der Waals surface area contributed by atoms with Gasteiger partial charge in [0.1, 0.15) is 23.7 Å². The van der Waals surface area contributed by atoms with Crippen LogP contribution in [0.15, 0.2) is 61.2 Å². The van der Waals surface area contributed by atoms with Crippen molar-refractivity contribution in [3.05, 3.63) is 72.8 Å². The number of pyridine rings is 1. The number of aromatic nitrogens is 3. The molecule has 196 valence electrons. The minimum atomic E-state index is -1.13. The fourth-order valence-electron chi connectivity index (χ4n) is 3.70. The molecule has 3 heterocycles. The van der Waals surface area contributed by atoms with E-state index in [-0.39, 0.29) is 24.9 Å². The lowest BCUT2D eigenvalue weighted by Gasteiger charge is -2.21. The van der Waals surface area contributed by atoms with Crippen molar-refractivity contribution in [2.24, 2.45) is 0 Å². The number of ether oxygens (including phenoxy) is 5. The van der Waals surface area contributed by atoms with Crippen LogP contribution in [-0.2, 0) is 9.53 Å². The van der Waals surface area contributed by atoms with Crippen LogP contribution in [0.5, 0.6) is 34.8 Å². The summed E-state index contributed by atoms with van der Waals surface area (Å²) in [6.45, 7) is 1.37. The number of imidazole rings is 1. The standard InChI is InChI=1S/C26H22F2N4O6/c1-3-34-21(33)13-31(2)24-22(27)25(37-17-6-4-16(5-7-17)32-11-10-29-14-32)30-26(23(24)28)38-18-8-9-19-20(12-18)36-15-35-19/h4-12,14H,3,13,15H2,1-2H3. The van der Waals surface area contributed by atoms with E-state index in [0.717, 1.165) is 10.6 Å². The zero-order chi connectivity index (χ0) is 26.6. The summed E-state index contributed by atoms with van der Waals surface area (Å²) in [4.78, 5) is 21.0. The summed E-state index contributed by atoms with van der Waals surface area (Å²) in [6.07, 6.45) is 5.03. The maximum absolute atomic E-state index is 15.6. The van der Waals surface area contributed by atoms with Gasteiger partial charge >= 0.3 is 5.97 Å². The molecule has 0 saturated heterocycles. The van der Waals surface area contributed by atoms with Gasteiger partial charge in [-0.1, -0.05) is 0 Å². The second-order valence-corrected chi connectivity index (χ2v) is 8.04. The highest BCUT2D eigenvalue weighted by atomic mass is 19.1. The summed E-state index contributed by atoms with van der Waals surface area (Å²) in [6, 6.07) is 11.3. The number of hydrogen-bond donors (Lipinski definition) is 0. The van der Waals surface area contributed by atoms with Crippen molar-refractivity contribution >= 4 is 11.7 Å². The largest absolute Gasteiger partial charge is 0.465 e. The molecule has 12 heteroatoms. The minimum Gasteiger partial charge on any atom is -0.465 e. The highest BCUT2D eigenvalue weighted by Crippen LogP contribution is 2.40. The van der Waals surface area contributed by atoms with Gasteiger partial charge in [-0.2, -0.15) is 13.8 Å². The number of carbonyl (C=O) groups is 1. The highest BCUT2D eigenvalue weighted by molar-refractivity contribution is 5.76. The SMILES string of the molecule is CCOC(=O)CN(C)c1c(F)c(Oc2ccc(-n3ccnc3)cc2)nc(Oc2ccc3c(c2)OCO3)c1F. The smallest absolute Gasteiger partial charge is 0.325 e. The molecule has 0 amide bonds. The third kappa shape index (κ3) is 5.14. The second kappa shape index (κ2) is 10.6. The highest BCUT2D eigenvalue weighted by Gasteiger charge is 2.28. The van der Waals surface area contributed by atoms with Crippen molar-refractivity contribution in [2.45, 2.75) is 6.92 Å². The first-order valence-corrected chi connectivity index (χ1v) is 11.5. The molecule has 0 saturated carbocycles. The lowest BCUT2D eigenvalue weighted by Crippen LogP contribution is -2.29. The zero-order valence-corrected chi connectivity index (χ0v) is 20.4. The Morgan fingerprint density at radius 3 is 2.39 bits per heavy atom. The number of fused-ring (bicyclic) bond motifs is 1. The molecule has 0 aliphatic carbocycles. The van der Waals surface area contributed by atoms with Crippen LogP contribution in [-0.4, -0.2) is 47.5 Å². The number of likely N-dealkylation sites (N-methyl/N-ethyl adjacent to an activating group) is 1. The van der Waals surface area contributed by atoms with Gasteiger partial charge in [-0.05, 0) is 43.3 Å². The number of benzene rings is 2. The van der Waals surface area contributed by atoms with Gasteiger partial charge in [0.05, 0.1) is 12.9 Å². The lowest BCUT2D eigenvalue weighted by molar-refractivity contribution is -0.141. The monoisotopic (exact) mass is 524 g/mol. The predicted molar refractivity (Wildman–Crippen MR) is 130 cm³/mol. The van der Waals surface area contributed by atoms with Gasteiger partial charge < -0.3 is 33.2 Å². The lowest BCUT2D eigenvalue weighted by atomic mass is 10.3. The molecule has 5 rings (SSSR count). The molecule has 2 aromatic carbocycles. The maximum atomic E-state index is 15.6. The number of rotatable bonds is 9. The predicted octanol–water partition coefficient (Wildman–Crippen LogP) is 4.86. The van der Waals surface area contributed by atoms with Crippen molar-refractivity contribution < 1.29 is 37.3 Å². The molecule has 0 N–H and O–H groups in total. The Hall–Kier alpha value is -4.87. The Balaban J connectivity index is 1.49. The van der Waals surface area contributed by atoms with Gasteiger partial charge in [0.15, 0.2) is 11.5 Å². The number of halogens is 2. The molecular weight excluding hydrogens is 502 g/mol. The molecule has 0 bridgehead atoms. The van der Waals surface area contributed by atoms with Gasteiger partial charge in [-0.3, -0.25) is 4.79 Å². The molecule has 0 spiro atoms. The van der Waals surface area contributed by atoms with E-state index in [1.165, 1.54) is 19.2 Å². The first kappa shape index (κ1) is 24.8. The summed E-state index contributed by atoms with van der Waals surface area (Å²) < 4.78 is 59.8. The normalized spacial score (nSPS) is 11.8.